The van der Waals surface area contributed by atoms with Crippen LogP contribution in [0.15, 0.2) is 0 Å². The fourth-order valence-electron chi connectivity index (χ4n) is 1.000. The molecule has 1 aliphatic rings. The van der Waals surface area contributed by atoms with Crippen LogP contribution in [0.3, 0.4) is 0 Å². The molecule has 0 aliphatic carbocycles. The van der Waals surface area contributed by atoms with Crippen LogP contribution in [0.4, 0.5) is 4.79 Å². The average molecular weight is 159 g/mol. The van der Waals surface area contributed by atoms with Gasteiger partial charge in [-0.1, -0.05) is 0 Å². The van der Waals surface area contributed by atoms with Gasteiger partial charge in [0.05, 0.1) is 6.10 Å². The number of cyclic esters (lactones) is 1. The minimum Gasteiger partial charge on any atom is -0.447 e. The van der Waals surface area contributed by atoms with E-state index in [1.165, 1.54) is 0 Å². The number of carbonyl (C=O) groups is 1. The summed E-state index contributed by atoms with van der Waals surface area (Å²) in [6.45, 7) is 4.17. The molecule has 1 heterocycles. The Morgan fingerprint density at radius 2 is 2.45 bits per heavy atom. The second kappa shape index (κ2) is 2.70. The minimum atomic E-state index is -0.369. The van der Waals surface area contributed by atoms with Crippen molar-refractivity contribution in [3.63, 3.8) is 0 Å². The van der Waals surface area contributed by atoms with Crippen LogP contribution < -0.4 is 5.32 Å². The monoisotopic (exact) mass is 159 g/mol. The van der Waals surface area contributed by atoms with Crippen LogP contribution in [-0.2, 0) is 9.47 Å². The first-order valence-electron chi connectivity index (χ1n) is 3.56. The van der Waals surface area contributed by atoms with Gasteiger partial charge in [-0.05, 0) is 13.8 Å². The van der Waals surface area contributed by atoms with Crippen LogP contribution >= 0.6 is 0 Å². The fourth-order valence-corrected chi connectivity index (χ4v) is 1.000. The van der Waals surface area contributed by atoms with E-state index in [-0.39, 0.29) is 17.7 Å². The summed E-state index contributed by atoms with van der Waals surface area (Å²) in [5.74, 6) is 0. The second-order valence-corrected chi connectivity index (χ2v) is 3.00. The van der Waals surface area contributed by atoms with Crippen molar-refractivity contribution in [2.24, 2.45) is 0 Å². The van der Waals surface area contributed by atoms with E-state index in [1.54, 1.807) is 7.11 Å². The zero-order valence-electron chi connectivity index (χ0n) is 7.01. The third-order valence-corrected chi connectivity index (χ3v) is 2.14. The molecule has 64 valence electrons. The Kier molecular flexibility index (Phi) is 2.04. The summed E-state index contributed by atoms with van der Waals surface area (Å²) >= 11 is 0. The zero-order valence-corrected chi connectivity index (χ0v) is 7.01. The van der Waals surface area contributed by atoms with Gasteiger partial charge in [0.1, 0.15) is 12.1 Å². The summed E-state index contributed by atoms with van der Waals surface area (Å²) in [6.07, 6.45) is -0.398. The van der Waals surface area contributed by atoms with Crippen molar-refractivity contribution in [1.29, 1.82) is 0 Å². The van der Waals surface area contributed by atoms with Gasteiger partial charge in [-0.2, -0.15) is 0 Å². The van der Waals surface area contributed by atoms with E-state index in [0.717, 1.165) is 0 Å². The van der Waals surface area contributed by atoms with E-state index >= 15 is 0 Å². The molecule has 2 atom stereocenters. The molecule has 2 unspecified atom stereocenters. The molecule has 0 bridgehead atoms. The maximum absolute atomic E-state index is 10.7. The van der Waals surface area contributed by atoms with E-state index in [2.05, 4.69) is 5.32 Å². The highest BCUT2D eigenvalue weighted by atomic mass is 16.6. The van der Waals surface area contributed by atoms with Crippen LogP contribution in [-0.4, -0.2) is 31.5 Å². The van der Waals surface area contributed by atoms with Crippen molar-refractivity contribution in [1.82, 2.24) is 5.32 Å². The van der Waals surface area contributed by atoms with Gasteiger partial charge in [0, 0.05) is 7.11 Å². The molecule has 1 fully saturated rings. The lowest BCUT2D eigenvalue weighted by Crippen LogP contribution is -2.50. The Hall–Kier alpha value is -0.770. The third kappa shape index (κ3) is 1.45. The zero-order chi connectivity index (χ0) is 8.48. The van der Waals surface area contributed by atoms with Gasteiger partial charge in [-0.25, -0.2) is 4.79 Å². The lowest BCUT2D eigenvalue weighted by molar-refractivity contribution is 0.0413. The number of carbonyl (C=O) groups excluding carboxylic acids is 1. The van der Waals surface area contributed by atoms with Crippen molar-refractivity contribution in [2.45, 2.75) is 25.5 Å². The Morgan fingerprint density at radius 1 is 1.82 bits per heavy atom. The molecule has 4 nitrogen and oxygen atoms in total. The van der Waals surface area contributed by atoms with E-state index in [0.29, 0.717) is 6.61 Å². The van der Waals surface area contributed by atoms with Crippen LogP contribution in [0.5, 0.6) is 0 Å². The van der Waals surface area contributed by atoms with E-state index < -0.39 is 0 Å². The molecule has 0 radical (unpaired) electrons. The van der Waals surface area contributed by atoms with Crippen molar-refractivity contribution in [2.75, 3.05) is 13.7 Å². The topological polar surface area (TPSA) is 47.6 Å². The highest BCUT2D eigenvalue weighted by Gasteiger charge is 2.40. The molecular formula is C7H13NO3. The minimum absolute atomic E-state index is 0.0334. The van der Waals surface area contributed by atoms with Crippen LogP contribution in [0, 0.1) is 0 Å². The number of nitrogens with one attached hydrogen (secondary N) is 1. The molecule has 4 heteroatoms. The van der Waals surface area contributed by atoms with E-state index in [1.807, 2.05) is 13.8 Å². The number of hydrogen-bond acceptors (Lipinski definition) is 3. The van der Waals surface area contributed by atoms with E-state index in [9.17, 15) is 4.79 Å². The van der Waals surface area contributed by atoms with E-state index in [4.69, 9.17) is 9.47 Å². The Morgan fingerprint density at radius 3 is 2.82 bits per heavy atom. The summed E-state index contributed by atoms with van der Waals surface area (Å²) in [5.41, 5.74) is -0.369. The van der Waals surface area contributed by atoms with Crippen LogP contribution in [0.2, 0.25) is 0 Å². The van der Waals surface area contributed by atoms with Crippen LogP contribution in [0.25, 0.3) is 0 Å². The maximum Gasteiger partial charge on any atom is 0.407 e. The van der Waals surface area contributed by atoms with Gasteiger partial charge >= 0.3 is 6.09 Å². The number of alkyl carbamates (subject to hydrolysis) is 1. The summed E-state index contributed by atoms with van der Waals surface area (Å²) in [4.78, 5) is 10.7. The Bertz CT molecular complexity index is 171. The van der Waals surface area contributed by atoms with Crippen molar-refractivity contribution in [3.05, 3.63) is 0 Å². The first-order valence-corrected chi connectivity index (χ1v) is 3.56. The SMILES string of the molecule is COC(C)C1(C)COC(=O)N1. The Balaban J connectivity index is 2.61. The van der Waals surface area contributed by atoms with Crippen molar-refractivity contribution < 1.29 is 14.3 Å². The molecule has 1 saturated heterocycles. The predicted octanol–water partition coefficient (Wildman–Crippen LogP) is 0.520. The summed E-state index contributed by atoms with van der Waals surface area (Å²) in [6, 6.07) is 0. The van der Waals surface area contributed by atoms with Gasteiger partial charge < -0.3 is 14.8 Å². The highest BCUT2D eigenvalue weighted by Crippen LogP contribution is 2.18. The number of ether oxygens (including phenoxy) is 2. The first-order chi connectivity index (χ1) is 5.08. The largest absolute Gasteiger partial charge is 0.447 e. The smallest absolute Gasteiger partial charge is 0.407 e. The van der Waals surface area contributed by atoms with Crippen molar-refractivity contribution in [3.8, 4) is 0 Å². The third-order valence-electron chi connectivity index (χ3n) is 2.14. The molecule has 1 N–H and O–H groups in total. The molecule has 0 saturated carbocycles. The van der Waals surface area contributed by atoms with Gasteiger partial charge in [0.2, 0.25) is 0 Å². The lowest BCUT2D eigenvalue weighted by atomic mass is 9.98. The number of hydrogen-bond donors (Lipinski definition) is 1. The highest BCUT2D eigenvalue weighted by molar-refractivity contribution is 5.70. The molecule has 0 aromatic carbocycles. The predicted molar refractivity (Wildman–Crippen MR) is 39.4 cm³/mol. The normalized spacial score (nSPS) is 32.8. The number of rotatable bonds is 2. The molecule has 0 aromatic heterocycles. The number of amides is 1. The summed E-state index contributed by atoms with van der Waals surface area (Å²) in [7, 11) is 1.61. The van der Waals surface area contributed by atoms with Crippen LogP contribution in [0.1, 0.15) is 13.8 Å². The maximum atomic E-state index is 10.7. The lowest BCUT2D eigenvalue weighted by Gasteiger charge is -2.27. The van der Waals surface area contributed by atoms with Gasteiger partial charge in [-0.3, -0.25) is 0 Å². The molecule has 1 aliphatic heterocycles. The summed E-state index contributed by atoms with van der Waals surface area (Å²) in [5, 5.41) is 2.69. The van der Waals surface area contributed by atoms with Crippen molar-refractivity contribution >= 4 is 6.09 Å². The Labute approximate surface area is 65.9 Å². The molecule has 11 heavy (non-hydrogen) atoms. The standard InChI is InChI=1S/C7H13NO3/c1-5(10-3)7(2)4-11-6(9)8-7/h5H,4H2,1-3H3,(H,8,9). The second-order valence-electron chi connectivity index (χ2n) is 3.00. The molecule has 1 amide bonds. The average Bonchev–Trinajstić information content (AvgIpc) is 2.31. The molecule has 0 spiro atoms. The van der Waals surface area contributed by atoms with Gasteiger partial charge in [0.25, 0.3) is 0 Å². The number of methoxy groups -OCH3 is 1. The quantitative estimate of drug-likeness (QED) is 0.639. The van der Waals surface area contributed by atoms with Gasteiger partial charge in [0.15, 0.2) is 0 Å². The molecular weight excluding hydrogens is 146 g/mol. The van der Waals surface area contributed by atoms with Gasteiger partial charge in [-0.15, -0.1) is 0 Å². The summed E-state index contributed by atoms with van der Waals surface area (Å²) < 4.78 is 9.85. The first kappa shape index (κ1) is 8.33. The molecule has 1 rings (SSSR count). The molecule has 0 aromatic rings. The fraction of sp³-hybridized carbons (Fsp3) is 0.857.